The monoisotopic (exact) mass is 304 g/mol. The normalized spacial score (nSPS) is 15.0. The summed E-state index contributed by atoms with van der Waals surface area (Å²) in [6.07, 6.45) is 1.31. The first-order valence-electron chi connectivity index (χ1n) is 6.16. The fraction of sp³-hybridized carbons (Fsp3) is 0.0625. The summed E-state index contributed by atoms with van der Waals surface area (Å²) in [6.45, 7) is 0. The summed E-state index contributed by atoms with van der Waals surface area (Å²) in [4.78, 5) is 12.2. The molecule has 2 aromatic carbocycles. The molecule has 0 spiro atoms. The zero-order valence-electron chi connectivity index (χ0n) is 11.0. The van der Waals surface area contributed by atoms with E-state index < -0.39 is 5.82 Å². The second-order valence-corrected chi connectivity index (χ2v) is 4.84. The first kappa shape index (κ1) is 13.6. The Morgan fingerprint density at radius 3 is 2.81 bits per heavy atom. The van der Waals surface area contributed by atoms with Crippen LogP contribution in [0.15, 0.2) is 42.2 Å². The second kappa shape index (κ2) is 5.22. The number of benzene rings is 2. The number of Topliss-reactive ketones (excluding diaryl/α,β-unsaturated/α-hetero) is 1. The van der Waals surface area contributed by atoms with E-state index in [-0.39, 0.29) is 22.1 Å². The van der Waals surface area contributed by atoms with Gasteiger partial charge in [-0.05, 0) is 30.3 Å². The van der Waals surface area contributed by atoms with E-state index in [4.69, 9.17) is 21.1 Å². The van der Waals surface area contributed by atoms with E-state index in [9.17, 15) is 9.18 Å². The Morgan fingerprint density at radius 2 is 2.10 bits per heavy atom. The minimum atomic E-state index is -0.514. The summed E-state index contributed by atoms with van der Waals surface area (Å²) in [5.74, 6) is 0.168. The second-order valence-electron chi connectivity index (χ2n) is 4.44. The predicted octanol–water partition coefficient (Wildman–Crippen LogP) is 4.10. The van der Waals surface area contributed by atoms with Gasteiger partial charge >= 0.3 is 0 Å². The van der Waals surface area contributed by atoms with E-state index >= 15 is 0 Å². The van der Waals surface area contributed by atoms with Gasteiger partial charge in [0.05, 0.1) is 17.7 Å². The number of carbonyl (C=O) groups excluding carboxylic acids is 1. The van der Waals surface area contributed by atoms with Crippen molar-refractivity contribution in [1.82, 2.24) is 0 Å². The van der Waals surface area contributed by atoms with Crippen LogP contribution in [0, 0.1) is 5.82 Å². The van der Waals surface area contributed by atoms with Crippen LogP contribution in [0.2, 0.25) is 5.02 Å². The Balaban J connectivity index is 2.03. The highest BCUT2D eigenvalue weighted by Gasteiger charge is 2.28. The molecule has 1 aliphatic rings. The Kier molecular flexibility index (Phi) is 3.39. The molecule has 1 aliphatic heterocycles. The molecule has 0 unspecified atom stereocenters. The summed E-state index contributed by atoms with van der Waals surface area (Å²) in [6, 6.07) is 9.20. The molecular weight excluding hydrogens is 295 g/mol. The summed E-state index contributed by atoms with van der Waals surface area (Å²) in [7, 11) is 1.52. The van der Waals surface area contributed by atoms with Gasteiger partial charge in [0, 0.05) is 11.6 Å². The van der Waals surface area contributed by atoms with E-state index in [2.05, 4.69) is 0 Å². The lowest BCUT2D eigenvalue weighted by molar-refractivity contribution is 0.101. The standard InChI is InChI=1S/C16H10ClFO3/c1-20-9-5-6-10-14(7-9)21-15(16(10)19)8-11-12(17)3-2-4-13(11)18/h2-8H,1H3/b15-8-. The zero-order chi connectivity index (χ0) is 15.0. The van der Waals surface area contributed by atoms with Gasteiger partial charge < -0.3 is 9.47 Å². The maximum absolute atomic E-state index is 13.8. The van der Waals surface area contributed by atoms with Crippen molar-refractivity contribution in [1.29, 1.82) is 0 Å². The molecule has 3 nitrogen and oxygen atoms in total. The molecule has 0 amide bonds. The molecule has 2 aromatic rings. The van der Waals surface area contributed by atoms with Gasteiger partial charge in [0.1, 0.15) is 17.3 Å². The molecule has 0 saturated heterocycles. The topological polar surface area (TPSA) is 35.5 Å². The van der Waals surface area contributed by atoms with Crippen LogP contribution in [0.3, 0.4) is 0 Å². The van der Waals surface area contributed by atoms with E-state index in [0.29, 0.717) is 17.1 Å². The molecule has 0 atom stereocenters. The zero-order valence-corrected chi connectivity index (χ0v) is 11.8. The molecule has 0 bridgehead atoms. The third-order valence-electron chi connectivity index (χ3n) is 3.15. The number of carbonyl (C=O) groups is 1. The number of hydrogen-bond acceptors (Lipinski definition) is 3. The van der Waals surface area contributed by atoms with Crippen LogP contribution in [-0.4, -0.2) is 12.9 Å². The van der Waals surface area contributed by atoms with E-state index in [1.54, 1.807) is 24.3 Å². The first-order chi connectivity index (χ1) is 10.1. The highest BCUT2D eigenvalue weighted by molar-refractivity contribution is 6.32. The Morgan fingerprint density at radius 1 is 1.29 bits per heavy atom. The van der Waals surface area contributed by atoms with Crippen molar-refractivity contribution < 1.29 is 18.7 Å². The van der Waals surface area contributed by atoms with E-state index in [1.165, 1.54) is 25.3 Å². The van der Waals surface area contributed by atoms with Gasteiger partial charge in [-0.15, -0.1) is 0 Å². The van der Waals surface area contributed by atoms with Crippen LogP contribution in [0.25, 0.3) is 6.08 Å². The first-order valence-corrected chi connectivity index (χ1v) is 6.54. The number of fused-ring (bicyclic) bond motifs is 1. The van der Waals surface area contributed by atoms with Crippen molar-refractivity contribution >= 4 is 23.5 Å². The third-order valence-corrected chi connectivity index (χ3v) is 3.48. The molecule has 5 heteroatoms. The molecule has 0 fully saturated rings. The van der Waals surface area contributed by atoms with Gasteiger partial charge in [-0.3, -0.25) is 4.79 Å². The third kappa shape index (κ3) is 2.38. The number of allylic oxidation sites excluding steroid dienone is 1. The van der Waals surface area contributed by atoms with Gasteiger partial charge in [-0.1, -0.05) is 17.7 Å². The Bertz CT molecular complexity index is 748. The molecule has 106 valence electrons. The fourth-order valence-corrected chi connectivity index (χ4v) is 2.29. The summed E-state index contributed by atoms with van der Waals surface area (Å²) in [5.41, 5.74) is 0.539. The van der Waals surface area contributed by atoms with Gasteiger partial charge in [0.15, 0.2) is 5.76 Å². The lowest BCUT2D eigenvalue weighted by Gasteiger charge is -2.03. The predicted molar refractivity (Wildman–Crippen MR) is 77.3 cm³/mol. The number of methoxy groups -OCH3 is 1. The highest BCUT2D eigenvalue weighted by atomic mass is 35.5. The minimum absolute atomic E-state index is 0.0326. The Hall–Kier alpha value is -2.33. The minimum Gasteiger partial charge on any atom is -0.497 e. The van der Waals surface area contributed by atoms with Gasteiger partial charge in [-0.2, -0.15) is 0 Å². The fourth-order valence-electron chi connectivity index (χ4n) is 2.07. The van der Waals surface area contributed by atoms with Crippen molar-refractivity contribution in [2.24, 2.45) is 0 Å². The van der Waals surface area contributed by atoms with Gasteiger partial charge in [0.2, 0.25) is 5.78 Å². The van der Waals surface area contributed by atoms with Crippen LogP contribution in [0.4, 0.5) is 4.39 Å². The largest absolute Gasteiger partial charge is 0.497 e. The average Bonchev–Trinajstić information content (AvgIpc) is 2.79. The molecule has 1 heterocycles. The average molecular weight is 305 g/mol. The highest BCUT2D eigenvalue weighted by Crippen LogP contribution is 2.35. The maximum Gasteiger partial charge on any atom is 0.231 e. The van der Waals surface area contributed by atoms with Crippen LogP contribution in [0.1, 0.15) is 15.9 Å². The molecule has 0 N–H and O–H groups in total. The van der Waals surface area contributed by atoms with Crippen molar-refractivity contribution in [3.05, 3.63) is 64.1 Å². The summed E-state index contributed by atoms with van der Waals surface area (Å²) < 4.78 is 24.3. The lowest BCUT2D eigenvalue weighted by Crippen LogP contribution is -1.99. The van der Waals surface area contributed by atoms with Crippen molar-refractivity contribution in [2.75, 3.05) is 7.11 Å². The SMILES string of the molecule is COc1ccc2c(c1)O/C(=C\c1c(F)cccc1Cl)C2=O. The van der Waals surface area contributed by atoms with Crippen molar-refractivity contribution in [3.63, 3.8) is 0 Å². The van der Waals surface area contributed by atoms with Gasteiger partial charge in [-0.25, -0.2) is 4.39 Å². The quantitative estimate of drug-likeness (QED) is 0.783. The van der Waals surface area contributed by atoms with Crippen LogP contribution >= 0.6 is 11.6 Å². The maximum atomic E-state index is 13.8. The van der Waals surface area contributed by atoms with Crippen LogP contribution < -0.4 is 9.47 Å². The van der Waals surface area contributed by atoms with E-state index in [0.717, 1.165) is 0 Å². The molecule has 0 saturated carbocycles. The molecule has 0 radical (unpaired) electrons. The number of rotatable bonds is 2. The molecule has 3 rings (SSSR count). The lowest BCUT2D eigenvalue weighted by atomic mass is 10.1. The summed E-state index contributed by atoms with van der Waals surface area (Å²) in [5, 5.41) is 0.215. The number of ketones is 1. The van der Waals surface area contributed by atoms with Crippen molar-refractivity contribution in [3.8, 4) is 11.5 Å². The van der Waals surface area contributed by atoms with Crippen LogP contribution in [-0.2, 0) is 0 Å². The molecular formula is C16H10ClFO3. The van der Waals surface area contributed by atoms with Gasteiger partial charge in [0.25, 0.3) is 0 Å². The van der Waals surface area contributed by atoms with E-state index in [1.807, 2.05) is 0 Å². The summed E-state index contributed by atoms with van der Waals surface area (Å²) >= 11 is 5.94. The molecule has 21 heavy (non-hydrogen) atoms. The van der Waals surface area contributed by atoms with Crippen molar-refractivity contribution in [2.45, 2.75) is 0 Å². The number of halogens is 2. The number of hydrogen-bond donors (Lipinski definition) is 0. The molecule has 0 aliphatic carbocycles. The number of ether oxygens (including phenoxy) is 2. The molecule has 0 aromatic heterocycles. The smallest absolute Gasteiger partial charge is 0.231 e. The Labute approximate surface area is 125 Å². The van der Waals surface area contributed by atoms with Crippen LogP contribution in [0.5, 0.6) is 11.5 Å².